The van der Waals surface area contributed by atoms with Crippen molar-refractivity contribution in [2.24, 2.45) is 11.7 Å². The summed E-state index contributed by atoms with van der Waals surface area (Å²) in [6.45, 7) is 3.11. The molecule has 4 unspecified atom stereocenters. The molecule has 3 amide bonds. The Balaban J connectivity index is 1.48. The van der Waals surface area contributed by atoms with E-state index >= 15 is 0 Å². The number of hydrogen-bond acceptors (Lipinski definition) is 7. The zero-order valence-corrected chi connectivity index (χ0v) is 26.5. The van der Waals surface area contributed by atoms with Gasteiger partial charge in [-0.3, -0.25) is 14.4 Å². The van der Waals surface area contributed by atoms with Gasteiger partial charge >= 0.3 is 0 Å². The molecular weight excluding hydrogens is 606 g/mol. The predicted octanol–water partition coefficient (Wildman–Crippen LogP) is 1.90. The molecule has 11 nitrogen and oxygen atoms in total. The van der Waals surface area contributed by atoms with Crippen LogP contribution in [0.1, 0.15) is 55.7 Å². The monoisotopic (exact) mass is 647 g/mol. The second-order valence-electron chi connectivity index (χ2n) is 11.6. The molecule has 2 heterocycles. The second-order valence-corrected chi connectivity index (χ2v) is 13.8. The van der Waals surface area contributed by atoms with E-state index in [4.69, 9.17) is 17.3 Å². The third-order valence-corrected chi connectivity index (χ3v) is 10.0. The average molecular weight is 648 g/mol. The van der Waals surface area contributed by atoms with E-state index in [0.717, 1.165) is 11.1 Å². The maximum absolute atomic E-state index is 14.1. The first-order chi connectivity index (χ1) is 21.0. The van der Waals surface area contributed by atoms with E-state index in [1.165, 1.54) is 4.90 Å². The molecule has 2 aromatic rings. The van der Waals surface area contributed by atoms with E-state index < -0.39 is 34.1 Å². The Morgan fingerprint density at radius 3 is 2.52 bits per heavy atom. The Hall–Kier alpha value is -3.03. The molecule has 5 N–H and O–H groups in total. The van der Waals surface area contributed by atoms with Crippen LogP contribution in [0.5, 0.6) is 0 Å². The summed E-state index contributed by atoms with van der Waals surface area (Å²) in [5.41, 5.74) is 8.08. The Kier molecular flexibility index (Phi) is 11.8. The van der Waals surface area contributed by atoms with Gasteiger partial charge in [0, 0.05) is 50.2 Å². The van der Waals surface area contributed by atoms with E-state index in [0.29, 0.717) is 42.9 Å². The van der Waals surface area contributed by atoms with Crippen molar-refractivity contribution in [2.75, 3.05) is 19.6 Å². The lowest BCUT2D eigenvalue weighted by molar-refractivity contribution is -0.142. The van der Waals surface area contributed by atoms with Crippen molar-refractivity contribution in [2.45, 2.75) is 76.1 Å². The topological polar surface area (TPSA) is 162 Å². The van der Waals surface area contributed by atoms with Gasteiger partial charge < -0.3 is 26.0 Å². The number of amides is 3. The van der Waals surface area contributed by atoms with Crippen LogP contribution in [-0.4, -0.2) is 78.9 Å². The average Bonchev–Trinajstić information content (AvgIpc) is 3.65. The molecule has 0 aromatic heterocycles. The molecule has 2 saturated heterocycles. The van der Waals surface area contributed by atoms with Crippen LogP contribution >= 0.6 is 11.6 Å². The van der Waals surface area contributed by atoms with E-state index in [2.05, 4.69) is 10.0 Å². The number of nitrogens with zero attached hydrogens (tertiary/aromatic N) is 2. The number of hydrogen-bond donors (Lipinski definition) is 4. The van der Waals surface area contributed by atoms with Crippen LogP contribution < -0.4 is 15.8 Å². The molecule has 2 aromatic carbocycles. The third kappa shape index (κ3) is 9.01. The maximum Gasteiger partial charge on any atom is 0.243 e. The molecule has 13 heteroatoms. The highest BCUT2D eigenvalue weighted by atomic mass is 35.5. The molecule has 2 aliphatic heterocycles. The number of carbonyl (C=O) groups excluding carboxylic acids is 3. The minimum Gasteiger partial charge on any atom is -0.391 e. The first-order valence-electron chi connectivity index (χ1n) is 15.0. The zero-order valence-electron chi connectivity index (χ0n) is 25.0. The van der Waals surface area contributed by atoms with Gasteiger partial charge in [0.15, 0.2) is 0 Å². The molecule has 0 bridgehead atoms. The molecule has 4 rings (SSSR count). The summed E-state index contributed by atoms with van der Waals surface area (Å²) in [6.07, 6.45) is 1.10. The summed E-state index contributed by atoms with van der Waals surface area (Å²) in [7, 11) is -3.83. The van der Waals surface area contributed by atoms with Crippen LogP contribution in [0, 0.1) is 5.92 Å². The lowest BCUT2D eigenvalue weighted by atomic mass is 9.93. The number of aliphatic hydroxyl groups excluding tert-OH is 1. The highest BCUT2D eigenvalue weighted by molar-refractivity contribution is 7.88. The van der Waals surface area contributed by atoms with Gasteiger partial charge in [0.25, 0.3) is 0 Å². The van der Waals surface area contributed by atoms with Gasteiger partial charge in [0.1, 0.15) is 6.04 Å². The smallest absolute Gasteiger partial charge is 0.243 e. The van der Waals surface area contributed by atoms with Gasteiger partial charge in [-0.1, -0.05) is 48.0 Å². The molecule has 240 valence electrons. The van der Waals surface area contributed by atoms with Crippen molar-refractivity contribution in [3.8, 4) is 0 Å². The van der Waals surface area contributed by atoms with Gasteiger partial charge in [-0.15, -0.1) is 0 Å². The Bertz CT molecular complexity index is 1430. The minimum atomic E-state index is -3.83. The number of sulfonamides is 1. The number of β-amino-alcohol motifs (C(OH)–C–C–N with tert-alkyl or cyclic N) is 1. The largest absolute Gasteiger partial charge is 0.391 e. The molecule has 4 atom stereocenters. The normalized spacial score (nSPS) is 20.0. The number of nitrogens with one attached hydrogen (secondary N) is 2. The summed E-state index contributed by atoms with van der Waals surface area (Å²) in [6, 6.07) is 12.4. The van der Waals surface area contributed by atoms with Crippen molar-refractivity contribution in [1.82, 2.24) is 19.8 Å². The Morgan fingerprint density at radius 2 is 1.84 bits per heavy atom. The zero-order chi connectivity index (χ0) is 31.9. The van der Waals surface area contributed by atoms with E-state index in [9.17, 15) is 27.9 Å². The second kappa shape index (κ2) is 15.3. The minimum absolute atomic E-state index is 0.00914. The van der Waals surface area contributed by atoms with Crippen LogP contribution in [0.15, 0.2) is 48.5 Å². The molecule has 0 saturated carbocycles. The summed E-state index contributed by atoms with van der Waals surface area (Å²) >= 11 is 6.14. The number of likely N-dealkylation sites (tertiary alicyclic amines) is 2. The third-order valence-electron chi connectivity index (χ3n) is 8.35. The van der Waals surface area contributed by atoms with Crippen LogP contribution in [-0.2, 0) is 43.2 Å². The van der Waals surface area contributed by atoms with E-state index in [1.807, 2.05) is 6.07 Å². The van der Waals surface area contributed by atoms with Crippen molar-refractivity contribution in [1.29, 1.82) is 0 Å². The first kappa shape index (κ1) is 33.9. The van der Waals surface area contributed by atoms with Gasteiger partial charge in [-0.25, -0.2) is 13.1 Å². The van der Waals surface area contributed by atoms with Crippen molar-refractivity contribution < 1.29 is 27.9 Å². The number of carbonyl (C=O) groups is 3. The number of aliphatic hydroxyl groups is 1. The van der Waals surface area contributed by atoms with Gasteiger partial charge in [0.05, 0.1) is 17.8 Å². The van der Waals surface area contributed by atoms with Crippen molar-refractivity contribution in [3.05, 3.63) is 70.2 Å². The molecule has 0 spiro atoms. The number of benzene rings is 2. The van der Waals surface area contributed by atoms with Crippen molar-refractivity contribution >= 4 is 39.3 Å². The SMILES string of the molecule is CC(NS(=O)(=O)Cc1ccccc1)C(CCC(=O)N1CCC(O)C1)C(=O)N1CCCC1C(=O)NCc1cc(Cl)ccc1CN. The fraction of sp³-hybridized carbons (Fsp3) is 0.516. The fourth-order valence-corrected chi connectivity index (χ4v) is 7.61. The lowest BCUT2D eigenvalue weighted by Crippen LogP contribution is -2.52. The number of rotatable bonds is 13. The standard InChI is InChI=1S/C31H42ClN5O6S/c1-21(35-44(42,43)20-22-6-3-2-4-7-22)27(11-12-29(39)36-15-13-26(38)19-36)31(41)37-14-5-8-28(37)30(40)34-18-24-16-25(32)10-9-23(24)17-33/h2-4,6-7,9-10,16,21,26-28,35,38H,5,8,11-15,17-20,33H2,1H3,(H,34,40). The lowest BCUT2D eigenvalue weighted by Gasteiger charge is -2.31. The number of nitrogens with two attached hydrogens (primary N) is 1. The van der Waals surface area contributed by atoms with Crippen LogP contribution in [0.4, 0.5) is 0 Å². The molecule has 0 aliphatic carbocycles. The predicted molar refractivity (Wildman–Crippen MR) is 168 cm³/mol. The van der Waals surface area contributed by atoms with E-state index in [-0.39, 0.29) is 56.0 Å². The highest BCUT2D eigenvalue weighted by Crippen LogP contribution is 2.26. The summed E-state index contributed by atoms with van der Waals surface area (Å²) in [5, 5.41) is 13.3. The van der Waals surface area contributed by atoms with Gasteiger partial charge in [0.2, 0.25) is 27.7 Å². The molecular formula is C31H42ClN5O6S. The fourth-order valence-electron chi connectivity index (χ4n) is 5.97. The van der Waals surface area contributed by atoms with Crippen molar-refractivity contribution in [3.63, 3.8) is 0 Å². The highest BCUT2D eigenvalue weighted by Gasteiger charge is 2.40. The van der Waals surface area contributed by atoms with Crippen LogP contribution in [0.25, 0.3) is 0 Å². The number of halogens is 1. The summed E-state index contributed by atoms with van der Waals surface area (Å²) < 4.78 is 28.8. The molecule has 0 radical (unpaired) electrons. The maximum atomic E-state index is 14.1. The molecule has 2 aliphatic rings. The van der Waals surface area contributed by atoms with Crippen LogP contribution in [0.2, 0.25) is 5.02 Å². The quantitative estimate of drug-likeness (QED) is 0.258. The van der Waals surface area contributed by atoms with Gasteiger partial charge in [-0.2, -0.15) is 0 Å². The van der Waals surface area contributed by atoms with E-state index in [1.54, 1.807) is 54.3 Å². The summed E-state index contributed by atoms with van der Waals surface area (Å²) in [4.78, 5) is 43.4. The first-order valence-corrected chi connectivity index (χ1v) is 17.1. The molecule has 44 heavy (non-hydrogen) atoms. The van der Waals surface area contributed by atoms with Gasteiger partial charge in [-0.05, 0) is 61.4 Å². The summed E-state index contributed by atoms with van der Waals surface area (Å²) in [5.74, 6) is -2.05. The molecule has 2 fully saturated rings. The van der Waals surface area contributed by atoms with Crippen LogP contribution in [0.3, 0.4) is 0 Å². The Labute approximate surface area is 264 Å². The Morgan fingerprint density at radius 1 is 1.09 bits per heavy atom.